The maximum Gasteiger partial charge on any atom is 0.306 e. The largest absolute Gasteiger partial charge is 0.462 e. The van der Waals surface area contributed by atoms with Gasteiger partial charge in [0.2, 0.25) is 5.91 Å². The van der Waals surface area contributed by atoms with Gasteiger partial charge < -0.3 is 20.3 Å². The molecule has 0 aliphatic rings. The van der Waals surface area contributed by atoms with Gasteiger partial charge in [-0.25, -0.2) is 0 Å². The predicted octanol–water partition coefficient (Wildman–Crippen LogP) is 14.7. The quantitative estimate of drug-likeness (QED) is 0.0323. The molecule has 0 saturated carbocycles. The van der Waals surface area contributed by atoms with Crippen molar-refractivity contribution in [3.63, 3.8) is 0 Å². The van der Waals surface area contributed by atoms with Crippen LogP contribution in [-0.2, 0) is 14.3 Å². The molecular formula is C52H95NO5. The highest BCUT2D eigenvalue weighted by atomic mass is 16.5. The number of rotatable bonds is 44. The monoisotopic (exact) mass is 814 g/mol. The number of hydrogen-bond acceptors (Lipinski definition) is 5. The van der Waals surface area contributed by atoms with E-state index in [4.69, 9.17) is 4.74 Å². The van der Waals surface area contributed by atoms with Crippen LogP contribution in [0.4, 0.5) is 0 Å². The van der Waals surface area contributed by atoms with Crippen molar-refractivity contribution in [3.05, 3.63) is 48.6 Å². The number of nitrogens with one attached hydrogen (secondary N) is 1. The van der Waals surface area contributed by atoms with Crippen LogP contribution >= 0.6 is 0 Å². The van der Waals surface area contributed by atoms with Gasteiger partial charge in [-0.2, -0.15) is 0 Å². The minimum atomic E-state index is -0.789. The van der Waals surface area contributed by atoms with E-state index in [0.717, 1.165) is 77.0 Å². The number of amides is 1. The molecular weight excluding hydrogens is 719 g/mol. The Bertz CT molecular complexity index is 1000. The van der Waals surface area contributed by atoms with E-state index in [2.05, 4.69) is 74.7 Å². The summed E-state index contributed by atoms with van der Waals surface area (Å²) in [5, 5.41) is 23.7. The molecule has 0 aliphatic heterocycles. The lowest BCUT2D eigenvalue weighted by Crippen LogP contribution is -2.46. The van der Waals surface area contributed by atoms with E-state index in [9.17, 15) is 19.8 Å². The molecule has 3 N–H and O–H groups in total. The summed E-state index contributed by atoms with van der Waals surface area (Å²) in [5.41, 5.74) is 0. The molecule has 0 fully saturated rings. The number of allylic oxidation sites excluding steroid dienone is 8. The summed E-state index contributed by atoms with van der Waals surface area (Å²) in [6, 6.07) is -0.703. The number of carbonyl (C=O) groups excluding carboxylic acids is 2. The molecule has 0 spiro atoms. The van der Waals surface area contributed by atoms with Crippen molar-refractivity contribution in [1.29, 1.82) is 0 Å². The van der Waals surface area contributed by atoms with Crippen molar-refractivity contribution in [2.24, 2.45) is 0 Å². The summed E-state index contributed by atoms with van der Waals surface area (Å²) in [6.45, 7) is 6.42. The number of aliphatic hydroxyl groups is 2. The lowest BCUT2D eigenvalue weighted by atomic mass is 10.0. The second kappa shape index (κ2) is 45.9. The summed E-state index contributed by atoms with van der Waals surface area (Å²) in [6.07, 6.45) is 54.5. The van der Waals surface area contributed by atoms with E-state index in [1.807, 2.05) is 0 Å². The number of ether oxygens (including phenoxy) is 1. The van der Waals surface area contributed by atoms with Gasteiger partial charge in [-0.3, -0.25) is 9.59 Å². The summed E-state index contributed by atoms with van der Waals surface area (Å²) in [5.74, 6) is -0.496. The minimum absolute atomic E-state index is 0.0696. The van der Waals surface area contributed by atoms with Gasteiger partial charge in [-0.1, -0.05) is 230 Å². The van der Waals surface area contributed by atoms with E-state index in [-0.39, 0.29) is 24.9 Å². The number of esters is 1. The third-order valence-electron chi connectivity index (χ3n) is 11.3. The second-order valence-electron chi connectivity index (χ2n) is 17.0. The third-order valence-corrected chi connectivity index (χ3v) is 11.3. The van der Waals surface area contributed by atoms with Gasteiger partial charge in [0.15, 0.2) is 0 Å². The zero-order valence-electron chi connectivity index (χ0n) is 38.4. The SMILES string of the molecule is CCCCC/C=C/C=C/C=C/C=C/CCCCCCCC(=O)OC(CCCCCCCCCCCCC)CC(=O)NC(CO)C(O)CCCCCCCCCCCC. The van der Waals surface area contributed by atoms with Crippen molar-refractivity contribution in [3.8, 4) is 0 Å². The van der Waals surface area contributed by atoms with Crippen molar-refractivity contribution in [2.45, 2.75) is 264 Å². The van der Waals surface area contributed by atoms with Crippen molar-refractivity contribution in [1.82, 2.24) is 5.32 Å². The summed E-state index contributed by atoms with van der Waals surface area (Å²) >= 11 is 0. The summed E-state index contributed by atoms with van der Waals surface area (Å²) < 4.78 is 5.91. The fourth-order valence-electron chi connectivity index (χ4n) is 7.44. The number of aliphatic hydroxyl groups excluding tert-OH is 2. The highest BCUT2D eigenvalue weighted by Gasteiger charge is 2.24. The van der Waals surface area contributed by atoms with E-state index in [0.29, 0.717) is 19.3 Å². The van der Waals surface area contributed by atoms with Gasteiger partial charge in [0.1, 0.15) is 6.10 Å². The van der Waals surface area contributed by atoms with E-state index in [1.165, 1.54) is 122 Å². The van der Waals surface area contributed by atoms with Crippen LogP contribution in [-0.4, -0.2) is 46.9 Å². The number of carbonyl (C=O) groups is 2. The van der Waals surface area contributed by atoms with Crippen LogP contribution in [0.15, 0.2) is 48.6 Å². The molecule has 0 bridgehead atoms. The lowest BCUT2D eigenvalue weighted by molar-refractivity contribution is -0.151. The molecule has 3 unspecified atom stereocenters. The normalized spacial score (nSPS) is 13.7. The second-order valence-corrected chi connectivity index (χ2v) is 17.0. The summed E-state index contributed by atoms with van der Waals surface area (Å²) in [7, 11) is 0. The molecule has 3 atom stereocenters. The van der Waals surface area contributed by atoms with Crippen molar-refractivity contribution >= 4 is 11.9 Å². The zero-order valence-corrected chi connectivity index (χ0v) is 38.4. The molecule has 1 amide bonds. The highest BCUT2D eigenvalue weighted by Crippen LogP contribution is 2.18. The van der Waals surface area contributed by atoms with Gasteiger partial charge in [-0.05, 0) is 51.4 Å². The van der Waals surface area contributed by atoms with E-state index >= 15 is 0 Å². The first-order valence-electron chi connectivity index (χ1n) is 24.9. The molecule has 0 aliphatic carbocycles. The standard InChI is InChI=1S/C52H95NO5/c1-4-7-10-13-16-19-22-23-24-25-26-27-28-30-33-36-39-42-45-52(57)58-48(43-40-37-34-31-29-20-17-14-11-8-5-2)46-51(56)53-49(47-54)50(55)44-41-38-35-32-21-18-15-12-9-6-3/h16,19,22-27,48-50,54-55H,4-15,17-18,20-21,28-47H2,1-3H3,(H,53,56)/b19-16+,23-22+,25-24+,27-26+. The average Bonchev–Trinajstić information content (AvgIpc) is 3.22. The van der Waals surface area contributed by atoms with Crippen molar-refractivity contribution < 1.29 is 24.5 Å². The van der Waals surface area contributed by atoms with Gasteiger partial charge in [0, 0.05) is 6.42 Å². The third kappa shape index (κ3) is 40.6. The molecule has 0 aromatic heterocycles. The first-order valence-corrected chi connectivity index (χ1v) is 24.9. The molecule has 6 nitrogen and oxygen atoms in total. The first-order chi connectivity index (χ1) is 28.5. The Morgan fingerprint density at radius 3 is 1.36 bits per heavy atom. The molecule has 6 heteroatoms. The predicted molar refractivity (Wildman–Crippen MR) is 250 cm³/mol. The van der Waals surface area contributed by atoms with Gasteiger partial charge >= 0.3 is 5.97 Å². The van der Waals surface area contributed by atoms with Crippen LogP contribution in [0.5, 0.6) is 0 Å². The molecule has 338 valence electrons. The van der Waals surface area contributed by atoms with Gasteiger partial charge in [0.25, 0.3) is 0 Å². The number of hydrogen-bond donors (Lipinski definition) is 3. The summed E-state index contributed by atoms with van der Waals surface area (Å²) in [4.78, 5) is 26.1. The van der Waals surface area contributed by atoms with Crippen LogP contribution in [0.1, 0.15) is 245 Å². The molecule has 0 radical (unpaired) electrons. The van der Waals surface area contributed by atoms with Crippen LogP contribution in [0.3, 0.4) is 0 Å². The fraction of sp³-hybridized carbons (Fsp3) is 0.808. The smallest absolute Gasteiger partial charge is 0.306 e. The lowest BCUT2D eigenvalue weighted by Gasteiger charge is -2.24. The molecule has 0 rings (SSSR count). The molecule has 0 aromatic carbocycles. The van der Waals surface area contributed by atoms with Gasteiger partial charge in [0.05, 0.1) is 25.2 Å². The maximum atomic E-state index is 13.1. The van der Waals surface area contributed by atoms with Crippen LogP contribution < -0.4 is 5.32 Å². The van der Waals surface area contributed by atoms with E-state index in [1.54, 1.807) is 0 Å². The molecule has 0 saturated heterocycles. The highest BCUT2D eigenvalue weighted by molar-refractivity contribution is 5.77. The minimum Gasteiger partial charge on any atom is -0.462 e. The number of unbranched alkanes of at least 4 members (excludes halogenated alkanes) is 27. The van der Waals surface area contributed by atoms with Crippen LogP contribution in [0.25, 0.3) is 0 Å². The Morgan fingerprint density at radius 1 is 0.500 bits per heavy atom. The molecule has 0 heterocycles. The Kier molecular flexibility index (Phi) is 44.2. The Balaban J connectivity index is 4.58. The maximum absolute atomic E-state index is 13.1. The van der Waals surface area contributed by atoms with Crippen LogP contribution in [0.2, 0.25) is 0 Å². The average molecular weight is 814 g/mol. The van der Waals surface area contributed by atoms with Crippen molar-refractivity contribution in [2.75, 3.05) is 6.61 Å². The molecule has 0 aromatic rings. The van der Waals surface area contributed by atoms with E-state index < -0.39 is 18.2 Å². The Labute approximate surface area is 359 Å². The van der Waals surface area contributed by atoms with Crippen LogP contribution in [0, 0.1) is 0 Å². The first kappa shape index (κ1) is 55.8. The Morgan fingerprint density at radius 2 is 0.879 bits per heavy atom. The zero-order chi connectivity index (χ0) is 42.4. The topological polar surface area (TPSA) is 95.9 Å². The van der Waals surface area contributed by atoms with Gasteiger partial charge in [-0.15, -0.1) is 0 Å². The molecule has 58 heavy (non-hydrogen) atoms. The Hall–Kier alpha value is -2.18. The fourth-order valence-corrected chi connectivity index (χ4v) is 7.44.